The number of tetrazole rings is 1. The van der Waals surface area contributed by atoms with Crippen LogP contribution >= 0.6 is 11.6 Å². The Morgan fingerprint density at radius 3 is 2.55 bits per heavy atom. The number of halogens is 1. The van der Waals surface area contributed by atoms with E-state index in [2.05, 4.69) is 20.7 Å². The van der Waals surface area contributed by atoms with Crippen molar-refractivity contribution in [2.75, 3.05) is 25.5 Å². The fourth-order valence-electron chi connectivity index (χ4n) is 3.54. The number of nitrogens with one attached hydrogen (secondary N) is 1. The second-order valence-corrected chi connectivity index (χ2v) is 9.90. The number of rotatable bonds is 7. The number of nitrogens with zero attached hydrogens (tertiary/aromatic N) is 5. The zero-order valence-electron chi connectivity index (χ0n) is 17.9. The molecule has 0 unspecified atom stereocenters. The normalized spacial score (nSPS) is 14.7. The highest BCUT2D eigenvalue weighted by Crippen LogP contribution is 2.30. The molecule has 0 radical (unpaired) electrons. The number of aromatic nitrogens is 4. The van der Waals surface area contributed by atoms with Crippen LogP contribution in [-0.4, -0.2) is 59.0 Å². The minimum absolute atomic E-state index is 0.101. The van der Waals surface area contributed by atoms with E-state index in [1.807, 2.05) is 0 Å². The number of carbonyl (C=O) groups is 1. The van der Waals surface area contributed by atoms with E-state index in [9.17, 15) is 13.2 Å². The maximum Gasteiger partial charge on any atom is 0.248 e. The van der Waals surface area contributed by atoms with Crippen LogP contribution in [0.2, 0.25) is 5.02 Å². The SMILES string of the molecule is COc1ccc(S(=O)(=O)N2CCCCC2)cc1NC(=O)Cn1nnc(-c2ccc(Cl)cc2)n1. The molecule has 0 spiro atoms. The third-order valence-corrected chi connectivity index (χ3v) is 7.38. The van der Waals surface area contributed by atoms with E-state index in [0.717, 1.165) is 24.1 Å². The van der Waals surface area contributed by atoms with E-state index < -0.39 is 15.9 Å². The smallest absolute Gasteiger partial charge is 0.248 e. The molecule has 1 saturated heterocycles. The van der Waals surface area contributed by atoms with Gasteiger partial charge in [0.1, 0.15) is 12.3 Å². The number of sulfonamides is 1. The molecule has 1 amide bonds. The van der Waals surface area contributed by atoms with Gasteiger partial charge >= 0.3 is 0 Å². The Morgan fingerprint density at radius 1 is 1.12 bits per heavy atom. The molecule has 2 aromatic carbocycles. The predicted molar refractivity (Wildman–Crippen MR) is 122 cm³/mol. The number of hydrogen-bond donors (Lipinski definition) is 1. The fourth-order valence-corrected chi connectivity index (χ4v) is 5.21. The highest BCUT2D eigenvalue weighted by atomic mass is 35.5. The predicted octanol–water partition coefficient (Wildman–Crippen LogP) is 2.82. The lowest BCUT2D eigenvalue weighted by molar-refractivity contribution is -0.117. The van der Waals surface area contributed by atoms with Gasteiger partial charge in [0.2, 0.25) is 21.8 Å². The molecule has 1 fully saturated rings. The van der Waals surface area contributed by atoms with Crippen molar-refractivity contribution in [1.82, 2.24) is 24.5 Å². The first-order chi connectivity index (χ1) is 15.9. The lowest BCUT2D eigenvalue weighted by Crippen LogP contribution is -2.35. The van der Waals surface area contributed by atoms with Crippen molar-refractivity contribution < 1.29 is 17.9 Å². The summed E-state index contributed by atoms with van der Waals surface area (Å²) in [5, 5.41) is 15.3. The Balaban J connectivity index is 1.49. The number of ether oxygens (including phenoxy) is 1. The third-order valence-electron chi connectivity index (χ3n) is 5.24. The van der Waals surface area contributed by atoms with Gasteiger partial charge in [-0.3, -0.25) is 4.79 Å². The molecule has 3 aromatic rings. The number of piperidine rings is 1. The van der Waals surface area contributed by atoms with E-state index >= 15 is 0 Å². The maximum atomic E-state index is 13.0. The minimum Gasteiger partial charge on any atom is -0.495 e. The van der Waals surface area contributed by atoms with Gasteiger partial charge in [-0.05, 0) is 60.5 Å². The first-order valence-corrected chi connectivity index (χ1v) is 12.2. The molecule has 0 aliphatic carbocycles. The second-order valence-electron chi connectivity index (χ2n) is 7.53. The summed E-state index contributed by atoms with van der Waals surface area (Å²) in [4.78, 5) is 13.9. The summed E-state index contributed by atoms with van der Waals surface area (Å²) < 4.78 is 32.8. The molecule has 12 heteroatoms. The quantitative estimate of drug-likeness (QED) is 0.540. The van der Waals surface area contributed by atoms with Crippen molar-refractivity contribution in [3.8, 4) is 17.1 Å². The van der Waals surface area contributed by atoms with Gasteiger partial charge in [0.25, 0.3) is 0 Å². The molecular weight excluding hydrogens is 468 g/mol. The number of benzene rings is 2. The molecule has 1 aliphatic heterocycles. The topological polar surface area (TPSA) is 119 Å². The molecule has 174 valence electrons. The zero-order valence-corrected chi connectivity index (χ0v) is 19.5. The summed E-state index contributed by atoms with van der Waals surface area (Å²) in [6.07, 6.45) is 2.69. The molecule has 0 bridgehead atoms. The molecule has 1 aliphatic rings. The fraction of sp³-hybridized carbons (Fsp3) is 0.333. The lowest BCUT2D eigenvalue weighted by atomic mass is 10.2. The van der Waals surface area contributed by atoms with Gasteiger partial charge in [0, 0.05) is 23.7 Å². The van der Waals surface area contributed by atoms with Crippen LogP contribution in [0.1, 0.15) is 19.3 Å². The summed E-state index contributed by atoms with van der Waals surface area (Å²) in [5.74, 6) is 0.238. The molecule has 4 rings (SSSR count). The minimum atomic E-state index is -3.66. The maximum absolute atomic E-state index is 13.0. The van der Waals surface area contributed by atoms with Crippen molar-refractivity contribution in [2.24, 2.45) is 0 Å². The van der Waals surface area contributed by atoms with Gasteiger partial charge < -0.3 is 10.1 Å². The van der Waals surface area contributed by atoms with E-state index in [4.69, 9.17) is 16.3 Å². The largest absolute Gasteiger partial charge is 0.495 e. The molecular formula is C21H23ClN6O4S. The van der Waals surface area contributed by atoms with Crippen LogP contribution in [0.3, 0.4) is 0 Å². The first kappa shape index (κ1) is 23.1. The van der Waals surface area contributed by atoms with Crippen molar-refractivity contribution in [3.05, 3.63) is 47.5 Å². The highest BCUT2D eigenvalue weighted by Gasteiger charge is 2.27. The number of amides is 1. The van der Waals surface area contributed by atoms with E-state index in [0.29, 0.717) is 35.2 Å². The van der Waals surface area contributed by atoms with Crippen molar-refractivity contribution in [1.29, 1.82) is 0 Å². The van der Waals surface area contributed by atoms with E-state index in [1.54, 1.807) is 24.3 Å². The molecule has 10 nitrogen and oxygen atoms in total. The van der Waals surface area contributed by atoms with Crippen molar-refractivity contribution >= 4 is 33.2 Å². The average Bonchev–Trinajstić information content (AvgIpc) is 3.28. The van der Waals surface area contributed by atoms with Gasteiger partial charge in [-0.25, -0.2) is 8.42 Å². The van der Waals surface area contributed by atoms with Gasteiger partial charge in [0.05, 0.1) is 17.7 Å². The van der Waals surface area contributed by atoms with Crippen LogP contribution in [0.25, 0.3) is 11.4 Å². The Bertz CT molecular complexity index is 1240. The van der Waals surface area contributed by atoms with Crippen LogP contribution in [0, 0.1) is 0 Å². The molecule has 0 saturated carbocycles. The lowest BCUT2D eigenvalue weighted by Gasteiger charge is -2.26. The number of hydrogen-bond acceptors (Lipinski definition) is 7. The van der Waals surface area contributed by atoms with Crippen LogP contribution in [0.15, 0.2) is 47.4 Å². The zero-order chi connectivity index (χ0) is 23.4. The third kappa shape index (κ3) is 5.32. The van der Waals surface area contributed by atoms with Gasteiger partial charge in [0.15, 0.2) is 0 Å². The molecule has 0 atom stereocenters. The van der Waals surface area contributed by atoms with Gasteiger partial charge in [-0.15, -0.1) is 10.2 Å². The van der Waals surface area contributed by atoms with Crippen molar-refractivity contribution in [2.45, 2.75) is 30.7 Å². The number of carbonyl (C=O) groups excluding carboxylic acids is 1. The highest BCUT2D eigenvalue weighted by molar-refractivity contribution is 7.89. The van der Waals surface area contributed by atoms with Crippen LogP contribution < -0.4 is 10.1 Å². The molecule has 1 aromatic heterocycles. The molecule has 33 heavy (non-hydrogen) atoms. The van der Waals surface area contributed by atoms with Crippen LogP contribution in [0.5, 0.6) is 5.75 Å². The molecule has 1 N–H and O–H groups in total. The summed E-state index contributed by atoms with van der Waals surface area (Å²) in [6, 6.07) is 11.3. The standard InChI is InChI=1S/C21H23ClN6O4S/c1-32-19-10-9-17(33(30,31)27-11-3-2-4-12-27)13-18(19)23-20(29)14-28-25-21(24-26-28)15-5-7-16(22)8-6-15/h5-10,13H,2-4,11-12,14H2,1H3,(H,23,29). The number of methoxy groups -OCH3 is 1. The van der Waals surface area contributed by atoms with E-state index in [-0.39, 0.29) is 17.1 Å². The van der Waals surface area contributed by atoms with Crippen LogP contribution in [0.4, 0.5) is 5.69 Å². The number of anilines is 1. The Kier molecular flexibility index (Phi) is 6.91. The first-order valence-electron chi connectivity index (χ1n) is 10.4. The van der Waals surface area contributed by atoms with Gasteiger partial charge in [-0.1, -0.05) is 18.0 Å². The Morgan fingerprint density at radius 2 is 1.85 bits per heavy atom. The summed E-state index contributed by atoms with van der Waals surface area (Å²) >= 11 is 5.89. The molecule has 2 heterocycles. The second kappa shape index (κ2) is 9.86. The summed E-state index contributed by atoms with van der Waals surface area (Å²) in [6.45, 7) is 0.765. The summed E-state index contributed by atoms with van der Waals surface area (Å²) in [7, 11) is -2.21. The van der Waals surface area contributed by atoms with Crippen molar-refractivity contribution in [3.63, 3.8) is 0 Å². The Labute approximate surface area is 196 Å². The average molecular weight is 491 g/mol. The van der Waals surface area contributed by atoms with Gasteiger partial charge in [-0.2, -0.15) is 9.10 Å². The monoisotopic (exact) mass is 490 g/mol. The van der Waals surface area contributed by atoms with Crippen LogP contribution in [-0.2, 0) is 21.4 Å². The summed E-state index contributed by atoms with van der Waals surface area (Å²) in [5.41, 5.74) is 0.960. The Hall–Kier alpha value is -3.02. The van der Waals surface area contributed by atoms with E-state index in [1.165, 1.54) is 29.6 Å².